The first-order valence-electron chi connectivity index (χ1n) is 12.4. The molecule has 0 spiro atoms. The largest absolute Gasteiger partial charge is 0.0766 e. The summed E-state index contributed by atoms with van der Waals surface area (Å²) in [5.74, 6) is 4.85. The van der Waals surface area contributed by atoms with Crippen LogP contribution in [-0.2, 0) is 0 Å². The molecule has 31 heavy (non-hydrogen) atoms. The van der Waals surface area contributed by atoms with Crippen molar-refractivity contribution in [2.75, 3.05) is 0 Å². The maximum absolute atomic E-state index is 3.79. The summed E-state index contributed by atoms with van der Waals surface area (Å²) in [6, 6.07) is 13.4. The van der Waals surface area contributed by atoms with Crippen molar-refractivity contribution in [3.05, 3.63) is 86.1 Å². The van der Waals surface area contributed by atoms with Gasteiger partial charge in [-0.1, -0.05) is 54.1 Å². The molecule has 4 saturated carbocycles. The van der Waals surface area contributed by atoms with Crippen LogP contribution in [0.3, 0.4) is 0 Å². The average molecular weight is 404 g/mol. The lowest BCUT2D eigenvalue weighted by molar-refractivity contribution is -0.0193. The van der Waals surface area contributed by atoms with Gasteiger partial charge in [-0.2, -0.15) is 0 Å². The van der Waals surface area contributed by atoms with Gasteiger partial charge in [0.1, 0.15) is 0 Å². The molecule has 155 valence electrons. The molecular formula is C31H31. The maximum Gasteiger partial charge on any atom is -0.000731 e. The highest BCUT2D eigenvalue weighted by Crippen LogP contribution is 2.59. The molecule has 4 bridgehead atoms. The summed E-state index contributed by atoms with van der Waals surface area (Å²) in [5, 5.41) is 5.36. The van der Waals surface area contributed by atoms with E-state index in [-0.39, 0.29) is 0 Å². The second kappa shape index (κ2) is 6.58. The van der Waals surface area contributed by atoms with E-state index < -0.39 is 0 Å². The molecule has 0 heteroatoms. The molecule has 1 radical (unpaired) electrons. The van der Waals surface area contributed by atoms with Crippen molar-refractivity contribution in [1.82, 2.24) is 0 Å². The number of benzene rings is 2. The van der Waals surface area contributed by atoms with Crippen molar-refractivity contribution in [2.24, 2.45) is 29.6 Å². The van der Waals surface area contributed by atoms with Crippen LogP contribution in [0, 0.1) is 40.0 Å². The molecule has 0 unspecified atom stereocenters. The van der Waals surface area contributed by atoms with Gasteiger partial charge in [0.2, 0.25) is 0 Å². The molecule has 4 fully saturated rings. The Morgan fingerprint density at radius 2 is 1.58 bits per heavy atom. The zero-order valence-corrected chi connectivity index (χ0v) is 18.7. The normalized spacial score (nSPS) is 31.7. The Balaban J connectivity index is 1.36. The highest BCUT2D eigenvalue weighted by atomic mass is 14.5. The number of hydrogen-bond donors (Lipinski definition) is 0. The third-order valence-corrected chi connectivity index (χ3v) is 9.05. The molecule has 2 aromatic carbocycles. The van der Waals surface area contributed by atoms with Gasteiger partial charge in [0.15, 0.2) is 0 Å². The van der Waals surface area contributed by atoms with E-state index in [9.17, 15) is 0 Å². The molecule has 0 N–H and O–H groups in total. The van der Waals surface area contributed by atoms with Crippen molar-refractivity contribution in [3.63, 3.8) is 0 Å². The van der Waals surface area contributed by atoms with Gasteiger partial charge in [-0.3, -0.25) is 0 Å². The van der Waals surface area contributed by atoms with Crippen LogP contribution in [0.2, 0.25) is 0 Å². The fourth-order valence-corrected chi connectivity index (χ4v) is 8.09. The Morgan fingerprint density at radius 3 is 2.32 bits per heavy atom. The fraction of sp³-hybridized carbons (Fsp3) is 0.419. The minimum Gasteiger partial charge on any atom is -0.0766 e. The lowest BCUT2D eigenvalue weighted by Crippen LogP contribution is -2.45. The number of rotatable bonds is 2. The molecule has 0 heterocycles. The van der Waals surface area contributed by atoms with Crippen molar-refractivity contribution >= 4 is 17.2 Å². The second-order valence-electron chi connectivity index (χ2n) is 11.1. The molecule has 0 aliphatic heterocycles. The lowest BCUT2D eigenvalue weighted by Gasteiger charge is -2.54. The Labute approximate surface area is 185 Å². The molecule has 0 nitrogen and oxygen atoms in total. The van der Waals surface area contributed by atoms with Gasteiger partial charge < -0.3 is 0 Å². The summed E-state index contributed by atoms with van der Waals surface area (Å²) in [5.41, 5.74) is 7.38. The van der Waals surface area contributed by atoms with E-state index in [4.69, 9.17) is 0 Å². The van der Waals surface area contributed by atoms with Crippen LogP contribution in [0.1, 0.15) is 63.5 Å². The topological polar surface area (TPSA) is 0 Å². The number of allylic oxidation sites excluding steroid dienone is 4. The minimum absolute atomic E-state index is 0.836. The van der Waals surface area contributed by atoms with Crippen molar-refractivity contribution in [1.29, 1.82) is 0 Å². The van der Waals surface area contributed by atoms with E-state index in [1.807, 2.05) is 0 Å². The molecule has 6 aliphatic rings. The maximum atomic E-state index is 3.79. The van der Waals surface area contributed by atoms with Gasteiger partial charge in [-0.05, 0) is 131 Å². The molecule has 0 atom stereocenters. The predicted molar refractivity (Wildman–Crippen MR) is 128 cm³/mol. The van der Waals surface area contributed by atoms with Crippen LogP contribution < -0.4 is 10.4 Å². The third-order valence-electron chi connectivity index (χ3n) is 9.05. The summed E-state index contributed by atoms with van der Waals surface area (Å²) in [4.78, 5) is 0. The van der Waals surface area contributed by atoms with E-state index in [1.165, 1.54) is 75.3 Å². The smallest absolute Gasteiger partial charge is 0.000731 e. The summed E-state index contributed by atoms with van der Waals surface area (Å²) in [6.07, 6.45) is 17.6. The summed E-state index contributed by atoms with van der Waals surface area (Å²) in [6.45, 7) is 4.52. The van der Waals surface area contributed by atoms with E-state index in [1.54, 1.807) is 5.57 Å². The van der Waals surface area contributed by atoms with Gasteiger partial charge in [-0.15, -0.1) is 0 Å². The highest BCUT2D eigenvalue weighted by molar-refractivity contribution is 5.81. The molecule has 2 aromatic rings. The van der Waals surface area contributed by atoms with Gasteiger partial charge in [-0.25, -0.2) is 0 Å². The van der Waals surface area contributed by atoms with Crippen LogP contribution >= 0.6 is 0 Å². The Morgan fingerprint density at radius 1 is 0.839 bits per heavy atom. The monoisotopic (exact) mass is 403 g/mol. The Hall–Kier alpha value is -2.34. The van der Waals surface area contributed by atoms with Crippen LogP contribution in [0.4, 0.5) is 0 Å². The van der Waals surface area contributed by atoms with Crippen LogP contribution in [0.5, 0.6) is 0 Å². The summed E-state index contributed by atoms with van der Waals surface area (Å²) >= 11 is 0. The first kappa shape index (κ1) is 18.3. The summed E-state index contributed by atoms with van der Waals surface area (Å²) < 4.78 is 0. The van der Waals surface area contributed by atoms with Crippen LogP contribution in [0.25, 0.3) is 17.2 Å². The first-order chi connectivity index (χ1) is 15.2. The van der Waals surface area contributed by atoms with Gasteiger partial charge >= 0.3 is 0 Å². The zero-order valence-electron chi connectivity index (χ0n) is 18.7. The van der Waals surface area contributed by atoms with Crippen molar-refractivity contribution in [3.8, 4) is 0 Å². The predicted octanol–water partition coefficient (Wildman–Crippen LogP) is 5.97. The fourth-order valence-electron chi connectivity index (χ4n) is 8.09. The first-order valence-corrected chi connectivity index (χ1v) is 12.4. The second-order valence-corrected chi connectivity index (χ2v) is 11.1. The molecule has 0 aromatic heterocycles. The lowest BCUT2D eigenvalue weighted by atomic mass is 9.50. The van der Waals surface area contributed by atoms with Crippen molar-refractivity contribution in [2.45, 2.75) is 52.4 Å². The molecule has 6 aliphatic carbocycles. The molecule has 0 amide bonds. The van der Waals surface area contributed by atoms with E-state index in [2.05, 4.69) is 68.5 Å². The SMILES string of the molecule is CC(C)=c1ccc2c(c1C1=CC(C3C4CC5CC(C4)CC3C5)=CC1)[C]=c1ccccc1=2. The summed E-state index contributed by atoms with van der Waals surface area (Å²) in [7, 11) is 0. The number of fused-ring (bicyclic) bond motifs is 2. The van der Waals surface area contributed by atoms with Gasteiger partial charge in [0.05, 0.1) is 0 Å². The Kier molecular flexibility index (Phi) is 3.87. The van der Waals surface area contributed by atoms with Gasteiger partial charge in [0, 0.05) is 0 Å². The van der Waals surface area contributed by atoms with Crippen molar-refractivity contribution < 1.29 is 0 Å². The van der Waals surface area contributed by atoms with Crippen LogP contribution in [-0.4, -0.2) is 0 Å². The quantitative estimate of drug-likeness (QED) is 0.494. The number of hydrogen-bond acceptors (Lipinski definition) is 0. The van der Waals surface area contributed by atoms with E-state index >= 15 is 0 Å². The molecule has 0 saturated heterocycles. The van der Waals surface area contributed by atoms with E-state index in [0.717, 1.165) is 36.0 Å². The molecular weight excluding hydrogens is 372 g/mol. The van der Waals surface area contributed by atoms with Crippen LogP contribution in [0.15, 0.2) is 54.1 Å². The van der Waals surface area contributed by atoms with E-state index in [0.29, 0.717) is 0 Å². The standard InChI is InChI=1S/C31H31/c1-18(2)26-9-10-28-27-6-4-3-5-21(27)17-29(28)31(26)23-8-7-22(16-23)30-24-12-19-11-20(14-24)15-25(30)13-19/h3-7,9-10,16,19-20,24-25,30H,8,11-15H2,1-2H3. The molecule has 8 rings (SSSR count). The highest BCUT2D eigenvalue weighted by Gasteiger charge is 2.49. The van der Waals surface area contributed by atoms with Gasteiger partial charge in [0.25, 0.3) is 0 Å². The average Bonchev–Trinajstić information content (AvgIpc) is 3.37. The Bertz CT molecular complexity index is 1350. The zero-order chi connectivity index (χ0) is 20.7. The third kappa shape index (κ3) is 2.67. The minimum atomic E-state index is 0.836.